The number of hydrogen-bond donors (Lipinski definition) is 0. The van der Waals surface area contributed by atoms with Gasteiger partial charge >= 0.3 is 0 Å². The second-order valence-corrected chi connectivity index (χ2v) is 36.7. The third-order valence-electron chi connectivity index (χ3n) is 28.7. The molecule has 0 aliphatic heterocycles. The minimum absolute atomic E-state index is 0. The number of aromatic nitrogens is 3. The van der Waals surface area contributed by atoms with E-state index in [1.54, 1.807) is 0 Å². The fraction of sp³-hybridized carbons (Fsp3) is 0.0149. The fourth-order valence-corrected chi connectivity index (χ4v) is 21.9. The number of anilines is 12. The highest BCUT2D eigenvalue weighted by molar-refractivity contribution is 6.14. The van der Waals surface area contributed by atoms with Crippen molar-refractivity contribution in [2.24, 2.45) is 0 Å². The Labute approximate surface area is 832 Å². The molecule has 0 fully saturated rings. The monoisotopic (exact) mass is 1850 g/mol. The van der Waals surface area contributed by atoms with Crippen LogP contribution in [-0.2, 0) is 0 Å². The average molecular weight is 1850 g/mol. The highest BCUT2D eigenvalue weighted by atomic mass is 16.3. The Bertz CT molecular complexity index is 9240. The minimum atomic E-state index is 0. The van der Waals surface area contributed by atoms with Crippen molar-refractivity contribution in [2.75, 3.05) is 19.6 Å². The lowest BCUT2D eigenvalue weighted by Crippen LogP contribution is -2.13. The van der Waals surface area contributed by atoms with Gasteiger partial charge in [0.15, 0.2) is 0 Å². The first-order valence-electron chi connectivity index (χ1n) is 48.3. The largest absolute Gasteiger partial charge is 0.456 e. The number of furan rings is 3. The molecule has 6 aromatic heterocycles. The molecule has 0 spiro atoms. The van der Waals surface area contributed by atoms with Gasteiger partial charge in [0, 0.05) is 150 Å². The van der Waals surface area contributed by atoms with Gasteiger partial charge in [-0.2, -0.15) is 0 Å². The molecule has 28 rings (SSSR count). The van der Waals surface area contributed by atoms with Gasteiger partial charge in [0.05, 0.1) is 33.1 Å². The molecule has 10 heteroatoms. The second-order valence-electron chi connectivity index (χ2n) is 36.7. The maximum Gasteiger partial charge on any atom is 0.136 e. The Balaban J connectivity index is 0.00000529. The number of hydrogen-bond acceptors (Lipinski definition) is 7. The van der Waals surface area contributed by atoms with Crippen LogP contribution in [0, 0.1) is 0 Å². The molecule has 0 radical (unpaired) electrons. The molecule has 0 saturated carbocycles. The van der Waals surface area contributed by atoms with Crippen molar-refractivity contribution in [3.63, 3.8) is 0 Å². The Kier molecular flexibility index (Phi) is 20.8. The molecular weight excluding hydrogens is 1760 g/mol. The first-order valence-corrected chi connectivity index (χ1v) is 48.3. The smallest absolute Gasteiger partial charge is 0.136 e. The van der Waals surface area contributed by atoms with Gasteiger partial charge in [-0.1, -0.05) is 258 Å². The van der Waals surface area contributed by atoms with Crippen LogP contribution in [0.1, 0.15) is 14.9 Å². The Hall–Kier alpha value is -19.2. The van der Waals surface area contributed by atoms with Crippen molar-refractivity contribution >= 4 is 199 Å². The van der Waals surface area contributed by atoms with Crippen LogP contribution in [0.15, 0.2) is 529 Å². The van der Waals surface area contributed by atoms with E-state index in [4.69, 9.17) is 13.3 Å². The molecule has 0 aliphatic carbocycles. The van der Waals surface area contributed by atoms with Gasteiger partial charge in [0.2, 0.25) is 0 Å². The molecule has 0 amide bonds. The van der Waals surface area contributed by atoms with Gasteiger partial charge in [-0.15, -0.1) is 0 Å². The summed E-state index contributed by atoms with van der Waals surface area (Å²) in [7, 11) is 0. The number of nitrogens with zero attached hydrogens (tertiary/aromatic N) is 7. The third kappa shape index (κ3) is 14.5. The molecule has 0 N–H and O–H groups in total. The van der Waals surface area contributed by atoms with E-state index in [2.05, 4.69) is 513 Å². The maximum absolute atomic E-state index is 6.45. The van der Waals surface area contributed by atoms with E-state index in [1.807, 2.05) is 36.4 Å². The van der Waals surface area contributed by atoms with Crippen LogP contribution in [-0.4, -0.2) is 13.7 Å². The summed E-state index contributed by atoms with van der Waals surface area (Å²) in [6.07, 6.45) is 0. The van der Waals surface area contributed by atoms with E-state index in [-0.39, 0.29) is 14.9 Å². The molecule has 6 heterocycles. The molecule has 0 aliphatic rings. The lowest BCUT2D eigenvalue weighted by Gasteiger charge is -2.30. The summed E-state index contributed by atoms with van der Waals surface area (Å²) in [5.74, 6) is 0. The van der Waals surface area contributed by atoms with Crippen LogP contribution < -0.4 is 19.6 Å². The summed E-state index contributed by atoms with van der Waals surface area (Å²) >= 11 is 0. The van der Waals surface area contributed by atoms with Gasteiger partial charge in [0.25, 0.3) is 0 Å². The predicted octanol–water partition coefficient (Wildman–Crippen LogP) is 38.5. The highest BCUT2D eigenvalue weighted by Crippen LogP contribution is 2.49. The SMILES string of the molecule is C.C.c1ccc2c(c1)oc1cc(-c3ccc(N(c4ccc(-c5ccc(N(c6ccc(N(c7ccc(-c8ccc9c(c8)oc8ccccc89)cc7)c7ccc(-n8c9ccccc9c9ccccc98)cc7)cc6)c6ccc(N(c7ccc(-c8ccc9c(c8)oc8ccccc89)cc7)c7ccc(-n8c9ccccc9c9ccccc98)cc7)cc6)cc5)cc4)c4ccc(-n5c6ccccc6c6ccccc65)cc4)cc3)ccc12. The Morgan fingerprint density at radius 1 is 0.125 bits per heavy atom. The van der Waals surface area contributed by atoms with Crippen molar-refractivity contribution in [1.29, 1.82) is 0 Å². The van der Waals surface area contributed by atoms with Crippen molar-refractivity contribution in [2.45, 2.75) is 14.9 Å². The zero-order valence-electron chi connectivity index (χ0n) is 76.9. The van der Waals surface area contributed by atoms with E-state index in [0.29, 0.717) is 0 Å². The topological polar surface area (TPSA) is 67.2 Å². The molecule has 0 bridgehead atoms. The summed E-state index contributed by atoms with van der Waals surface area (Å²) in [6, 6.07) is 187. The molecule has 0 atom stereocenters. The average Bonchev–Trinajstić information content (AvgIpc) is 1.49. The van der Waals surface area contributed by atoms with Gasteiger partial charge < -0.3 is 46.6 Å². The van der Waals surface area contributed by atoms with Crippen LogP contribution in [0.4, 0.5) is 68.2 Å². The highest BCUT2D eigenvalue weighted by Gasteiger charge is 2.25. The quantitative estimate of drug-likeness (QED) is 0.0799. The first-order chi connectivity index (χ1) is 70.4. The molecule has 28 aromatic rings. The van der Waals surface area contributed by atoms with Crippen LogP contribution in [0.25, 0.3) is 193 Å². The van der Waals surface area contributed by atoms with Gasteiger partial charge in [-0.25, -0.2) is 0 Å². The summed E-state index contributed by atoms with van der Waals surface area (Å²) in [5, 5.41) is 14.0. The molecule has 0 saturated heterocycles. The standard InChI is InChI=1S/C132H85N7O3.2CH4/c1-10-28-121-109(19-1)110-20-2-11-29-122(110)137(121)106-74-68-103(69-75-106)133(96-54-41-88(42-55-96)91-47-80-118-115-25-7-16-34-127(115)140-130(118)83-91)94-50-37-86(38-51-94)87-39-52-95(53-40-87)134(99-60-64-101(65-61-99)135(97-56-43-89(44-57-97)92-48-81-119-116-26-8-17-35-128(116)141-131(119)84-92)104-70-76-107(77-71-104)138-123-30-12-3-21-111(123)112-22-4-13-31-124(112)138)100-62-66-102(67-63-100)136(98-58-45-90(46-59-98)93-49-82-120-117-27-9-18-36-129(117)142-132(120)85-93)105-72-78-108(79-73-105)139-125-32-14-5-23-113(125)114-24-6-15-33-126(114)139;;/h1-85H;2*1H4. The second kappa shape index (κ2) is 35.1. The number of benzene rings is 22. The summed E-state index contributed by atoms with van der Waals surface area (Å²) in [4.78, 5) is 9.47. The van der Waals surface area contributed by atoms with Crippen LogP contribution in [0.5, 0.6) is 0 Å². The minimum Gasteiger partial charge on any atom is -0.456 e. The Morgan fingerprint density at radius 3 is 0.472 bits per heavy atom. The lowest BCUT2D eigenvalue weighted by molar-refractivity contribution is 0.668. The van der Waals surface area contributed by atoms with Gasteiger partial charge in [-0.3, -0.25) is 0 Å². The summed E-state index contributed by atoms with van der Waals surface area (Å²) < 4.78 is 26.5. The van der Waals surface area contributed by atoms with Crippen molar-refractivity contribution < 1.29 is 13.3 Å². The van der Waals surface area contributed by atoms with E-state index >= 15 is 0 Å². The predicted molar refractivity (Wildman–Crippen MR) is 605 cm³/mol. The molecule has 10 nitrogen and oxygen atoms in total. The molecule has 682 valence electrons. The maximum atomic E-state index is 6.45. The van der Waals surface area contributed by atoms with Crippen LogP contribution >= 0.6 is 0 Å². The third-order valence-corrected chi connectivity index (χ3v) is 28.7. The molecule has 22 aromatic carbocycles. The number of rotatable bonds is 19. The van der Waals surface area contributed by atoms with E-state index in [1.165, 1.54) is 43.4 Å². The zero-order valence-corrected chi connectivity index (χ0v) is 76.9. The Morgan fingerprint density at radius 2 is 0.271 bits per heavy atom. The fourth-order valence-electron chi connectivity index (χ4n) is 21.9. The zero-order chi connectivity index (χ0) is 93.4. The lowest BCUT2D eigenvalue weighted by atomic mass is 10.0. The van der Waals surface area contributed by atoms with E-state index < -0.39 is 0 Å². The van der Waals surface area contributed by atoms with Crippen molar-refractivity contribution in [3.8, 4) is 61.6 Å². The van der Waals surface area contributed by atoms with Crippen LogP contribution in [0.2, 0.25) is 0 Å². The summed E-state index contributed by atoms with van der Waals surface area (Å²) in [6.45, 7) is 0. The molecule has 0 unspecified atom stereocenters. The van der Waals surface area contributed by atoms with Gasteiger partial charge in [0.1, 0.15) is 33.5 Å². The number of para-hydroxylation sites is 9. The van der Waals surface area contributed by atoms with Gasteiger partial charge in [-0.05, 0) is 317 Å². The van der Waals surface area contributed by atoms with E-state index in [0.717, 1.165) is 218 Å². The number of fused-ring (bicyclic) bond motifs is 18. The first kappa shape index (κ1) is 85.3. The normalized spacial score (nSPS) is 11.6. The van der Waals surface area contributed by atoms with Crippen molar-refractivity contribution in [3.05, 3.63) is 516 Å². The van der Waals surface area contributed by atoms with Crippen molar-refractivity contribution in [1.82, 2.24) is 13.7 Å². The van der Waals surface area contributed by atoms with Crippen LogP contribution in [0.3, 0.4) is 0 Å². The summed E-state index contributed by atoms with van der Waals surface area (Å²) in [5.41, 5.74) is 36.2. The molecule has 144 heavy (non-hydrogen) atoms. The van der Waals surface area contributed by atoms with E-state index in [9.17, 15) is 0 Å². The molecular formula is C134H93N7O3.